The number of carbonyl (C=O) groups excluding carboxylic acids is 1. The third-order valence-electron chi connectivity index (χ3n) is 3.43. The zero-order valence-electron chi connectivity index (χ0n) is 10.3. The van der Waals surface area contributed by atoms with Crippen LogP contribution >= 0.6 is 0 Å². The topological polar surface area (TPSA) is 46.5 Å². The second kappa shape index (κ2) is 4.86. The van der Waals surface area contributed by atoms with E-state index in [0.29, 0.717) is 17.7 Å². The zero-order chi connectivity index (χ0) is 13.2. The van der Waals surface area contributed by atoms with Gasteiger partial charge in [0.2, 0.25) is 0 Å². The second-order valence-corrected chi connectivity index (χ2v) is 4.70. The Kier molecular flexibility index (Phi) is 3.05. The lowest BCUT2D eigenvalue weighted by Crippen LogP contribution is -2.33. The normalized spacial score (nSPS) is 21.6. The first-order valence-electron chi connectivity index (χ1n) is 6.28. The van der Waals surface area contributed by atoms with Gasteiger partial charge in [0.05, 0.1) is 12.0 Å². The highest BCUT2D eigenvalue weighted by atomic mass is 16.5. The highest BCUT2D eigenvalue weighted by Gasteiger charge is 2.36. The SMILES string of the molecule is O=C1Oc2ccccc2[C@H](O)[C@H]1Cc1ccccc1. The van der Waals surface area contributed by atoms with Gasteiger partial charge >= 0.3 is 5.97 Å². The monoisotopic (exact) mass is 254 g/mol. The standard InChI is InChI=1S/C16H14O3/c17-15-12-8-4-5-9-14(12)19-16(18)13(15)10-11-6-2-1-3-7-11/h1-9,13,15,17H,10H2/t13-,15+/m1/s1. The fourth-order valence-electron chi connectivity index (χ4n) is 2.41. The van der Waals surface area contributed by atoms with Crippen LogP contribution in [0, 0.1) is 5.92 Å². The van der Waals surface area contributed by atoms with Gasteiger partial charge in [-0.3, -0.25) is 4.79 Å². The Morgan fingerprint density at radius 1 is 1.00 bits per heavy atom. The van der Waals surface area contributed by atoms with E-state index in [2.05, 4.69) is 0 Å². The van der Waals surface area contributed by atoms with Crippen LogP contribution in [0.4, 0.5) is 0 Å². The van der Waals surface area contributed by atoms with Gasteiger partial charge in [-0.2, -0.15) is 0 Å². The average molecular weight is 254 g/mol. The quantitative estimate of drug-likeness (QED) is 0.661. The van der Waals surface area contributed by atoms with E-state index in [1.165, 1.54) is 0 Å². The molecule has 0 fully saturated rings. The molecule has 1 N–H and O–H groups in total. The van der Waals surface area contributed by atoms with Crippen LogP contribution in [0.5, 0.6) is 5.75 Å². The predicted molar refractivity (Wildman–Crippen MR) is 70.7 cm³/mol. The van der Waals surface area contributed by atoms with Crippen molar-refractivity contribution in [3.63, 3.8) is 0 Å². The van der Waals surface area contributed by atoms with Crippen LogP contribution in [0.2, 0.25) is 0 Å². The Morgan fingerprint density at radius 2 is 1.68 bits per heavy atom. The van der Waals surface area contributed by atoms with Crippen molar-refractivity contribution in [1.82, 2.24) is 0 Å². The number of carbonyl (C=O) groups is 1. The summed E-state index contributed by atoms with van der Waals surface area (Å²) >= 11 is 0. The Morgan fingerprint density at radius 3 is 2.47 bits per heavy atom. The van der Waals surface area contributed by atoms with Crippen molar-refractivity contribution in [2.75, 3.05) is 0 Å². The number of para-hydroxylation sites is 1. The van der Waals surface area contributed by atoms with Gasteiger partial charge in [-0.15, -0.1) is 0 Å². The summed E-state index contributed by atoms with van der Waals surface area (Å²) in [7, 11) is 0. The van der Waals surface area contributed by atoms with Crippen molar-refractivity contribution in [3.05, 3.63) is 65.7 Å². The van der Waals surface area contributed by atoms with Gasteiger partial charge in [-0.25, -0.2) is 0 Å². The van der Waals surface area contributed by atoms with Crippen molar-refractivity contribution in [3.8, 4) is 5.75 Å². The van der Waals surface area contributed by atoms with Crippen LogP contribution in [0.1, 0.15) is 17.2 Å². The fourth-order valence-corrected chi connectivity index (χ4v) is 2.41. The lowest BCUT2D eigenvalue weighted by molar-refractivity contribution is -0.145. The van der Waals surface area contributed by atoms with Crippen molar-refractivity contribution >= 4 is 5.97 Å². The average Bonchev–Trinajstić information content (AvgIpc) is 2.45. The summed E-state index contributed by atoms with van der Waals surface area (Å²) in [6, 6.07) is 16.8. The molecule has 2 aromatic carbocycles. The second-order valence-electron chi connectivity index (χ2n) is 4.70. The molecule has 2 atom stereocenters. The molecule has 0 aliphatic carbocycles. The molecule has 3 rings (SSSR count). The number of hydrogen-bond donors (Lipinski definition) is 1. The summed E-state index contributed by atoms with van der Waals surface area (Å²) in [5.41, 5.74) is 1.70. The fraction of sp³-hybridized carbons (Fsp3) is 0.188. The summed E-state index contributed by atoms with van der Waals surface area (Å²) in [4.78, 5) is 12.0. The maximum atomic E-state index is 12.0. The minimum absolute atomic E-state index is 0.366. The van der Waals surface area contributed by atoms with Gasteiger partial charge in [0, 0.05) is 5.56 Å². The molecular weight excluding hydrogens is 240 g/mol. The number of ether oxygens (including phenoxy) is 1. The lowest BCUT2D eigenvalue weighted by Gasteiger charge is -2.28. The van der Waals surface area contributed by atoms with Gasteiger partial charge < -0.3 is 9.84 Å². The summed E-state index contributed by atoms with van der Waals surface area (Å²) in [6.07, 6.45) is -0.326. The molecule has 0 radical (unpaired) electrons. The number of esters is 1. The van der Waals surface area contributed by atoms with Crippen LogP contribution < -0.4 is 4.74 Å². The van der Waals surface area contributed by atoms with E-state index < -0.39 is 12.0 Å². The number of fused-ring (bicyclic) bond motifs is 1. The van der Waals surface area contributed by atoms with Crippen molar-refractivity contribution < 1.29 is 14.6 Å². The molecule has 1 heterocycles. The van der Waals surface area contributed by atoms with E-state index >= 15 is 0 Å². The van der Waals surface area contributed by atoms with Crippen LogP contribution in [0.25, 0.3) is 0 Å². The molecule has 0 bridgehead atoms. The minimum atomic E-state index is -0.808. The molecule has 2 aromatic rings. The molecule has 3 heteroatoms. The number of benzene rings is 2. The van der Waals surface area contributed by atoms with Crippen molar-refractivity contribution in [2.24, 2.45) is 5.92 Å². The van der Waals surface area contributed by atoms with Crippen LogP contribution in [-0.2, 0) is 11.2 Å². The Balaban J connectivity index is 1.89. The highest BCUT2D eigenvalue weighted by Crippen LogP contribution is 2.37. The lowest BCUT2D eigenvalue weighted by atomic mass is 9.87. The molecule has 1 aliphatic rings. The molecule has 0 saturated heterocycles. The van der Waals surface area contributed by atoms with E-state index in [1.807, 2.05) is 36.4 Å². The van der Waals surface area contributed by atoms with Gasteiger partial charge in [-0.05, 0) is 18.1 Å². The first kappa shape index (κ1) is 11.9. The molecule has 0 spiro atoms. The number of aliphatic hydroxyl groups excluding tert-OH is 1. The summed E-state index contributed by atoms with van der Waals surface area (Å²) in [5.74, 6) is -0.448. The molecular formula is C16H14O3. The molecule has 19 heavy (non-hydrogen) atoms. The zero-order valence-corrected chi connectivity index (χ0v) is 10.3. The van der Waals surface area contributed by atoms with E-state index in [1.54, 1.807) is 18.2 Å². The number of rotatable bonds is 2. The molecule has 96 valence electrons. The molecule has 1 aliphatic heterocycles. The van der Waals surface area contributed by atoms with E-state index in [4.69, 9.17) is 4.74 Å². The molecule has 0 unspecified atom stereocenters. The first-order valence-corrected chi connectivity index (χ1v) is 6.28. The maximum absolute atomic E-state index is 12.0. The first-order chi connectivity index (χ1) is 9.25. The smallest absolute Gasteiger partial charge is 0.317 e. The molecule has 0 aromatic heterocycles. The summed E-state index contributed by atoms with van der Waals surface area (Å²) in [6.45, 7) is 0. The number of aliphatic hydroxyl groups is 1. The Hall–Kier alpha value is -2.13. The summed E-state index contributed by atoms with van der Waals surface area (Å²) < 4.78 is 5.29. The van der Waals surface area contributed by atoms with Gasteiger partial charge in [0.15, 0.2) is 0 Å². The van der Waals surface area contributed by atoms with Gasteiger partial charge in [0.1, 0.15) is 5.75 Å². The van der Waals surface area contributed by atoms with Gasteiger partial charge in [0.25, 0.3) is 0 Å². The van der Waals surface area contributed by atoms with E-state index in [0.717, 1.165) is 5.56 Å². The highest BCUT2D eigenvalue weighted by molar-refractivity contribution is 5.79. The summed E-state index contributed by atoms with van der Waals surface area (Å²) in [5, 5.41) is 10.4. The van der Waals surface area contributed by atoms with Crippen molar-refractivity contribution in [1.29, 1.82) is 0 Å². The Labute approximate surface area is 111 Å². The van der Waals surface area contributed by atoms with Crippen LogP contribution in [-0.4, -0.2) is 11.1 Å². The maximum Gasteiger partial charge on any atom is 0.317 e. The van der Waals surface area contributed by atoms with E-state index in [-0.39, 0.29) is 5.97 Å². The van der Waals surface area contributed by atoms with Crippen LogP contribution in [0.3, 0.4) is 0 Å². The largest absolute Gasteiger partial charge is 0.426 e. The van der Waals surface area contributed by atoms with Gasteiger partial charge in [-0.1, -0.05) is 48.5 Å². The minimum Gasteiger partial charge on any atom is -0.426 e. The predicted octanol–water partition coefficient (Wildman–Crippen LogP) is 2.50. The van der Waals surface area contributed by atoms with Crippen molar-refractivity contribution in [2.45, 2.75) is 12.5 Å². The molecule has 0 saturated carbocycles. The molecule has 3 nitrogen and oxygen atoms in total. The van der Waals surface area contributed by atoms with E-state index in [9.17, 15) is 9.90 Å². The third-order valence-corrected chi connectivity index (χ3v) is 3.43. The molecule has 0 amide bonds. The number of hydrogen-bond acceptors (Lipinski definition) is 3. The van der Waals surface area contributed by atoms with Crippen LogP contribution in [0.15, 0.2) is 54.6 Å². The third kappa shape index (κ3) is 2.25. The Bertz CT molecular complexity index is 592.